The summed E-state index contributed by atoms with van der Waals surface area (Å²) in [6, 6.07) is 8.20. The Hall–Kier alpha value is -0.540. The molecule has 3 heteroatoms. The SMILES string of the molecule is Brc1ccccc1NCCC1CCCO1. The third-order valence-electron chi connectivity index (χ3n) is 2.68. The Kier molecular flexibility index (Phi) is 4.03. The minimum atomic E-state index is 0.472. The molecule has 2 nitrogen and oxygen atoms in total. The average molecular weight is 270 g/mol. The van der Waals surface area contributed by atoms with Crippen molar-refractivity contribution in [3.63, 3.8) is 0 Å². The highest BCUT2D eigenvalue weighted by molar-refractivity contribution is 9.10. The van der Waals surface area contributed by atoms with Crippen molar-refractivity contribution in [1.82, 2.24) is 0 Å². The molecule has 1 unspecified atom stereocenters. The molecule has 82 valence electrons. The third kappa shape index (κ3) is 3.21. The number of anilines is 1. The first-order chi connectivity index (χ1) is 7.36. The maximum Gasteiger partial charge on any atom is 0.0592 e. The predicted octanol–water partition coefficient (Wildman–Crippen LogP) is 3.43. The molecular formula is C12H16BrNO. The number of ether oxygens (including phenoxy) is 1. The van der Waals surface area contributed by atoms with Gasteiger partial charge in [-0.3, -0.25) is 0 Å². The average Bonchev–Trinajstić information content (AvgIpc) is 2.74. The minimum Gasteiger partial charge on any atom is -0.384 e. The molecule has 1 N–H and O–H groups in total. The van der Waals surface area contributed by atoms with Crippen LogP contribution < -0.4 is 5.32 Å². The van der Waals surface area contributed by atoms with Crippen LogP contribution in [0.4, 0.5) is 5.69 Å². The Balaban J connectivity index is 1.75. The predicted molar refractivity (Wildman–Crippen MR) is 66.2 cm³/mol. The fourth-order valence-electron chi connectivity index (χ4n) is 1.84. The summed E-state index contributed by atoms with van der Waals surface area (Å²) in [5, 5.41) is 3.41. The molecule has 0 spiro atoms. The van der Waals surface area contributed by atoms with Crippen LogP contribution >= 0.6 is 15.9 Å². The topological polar surface area (TPSA) is 21.3 Å². The Morgan fingerprint density at radius 2 is 2.27 bits per heavy atom. The van der Waals surface area contributed by atoms with Gasteiger partial charge in [0, 0.05) is 23.3 Å². The lowest BCUT2D eigenvalue weighted by atomic mass is 10.2. The van der Waals surface area contributed by atoms with E-state index >= 15 is 0 Å². The molecule has 1 saturated heterocycles. The summed E-state index contributed by atoms with van der Waals surface area (Å²) in [7, 11) is 0. The molecule has 1 aromatic rings. The van der Waals surface area contributed by atoms with Gasteiger partial charge in [-0.1, -0.05) is 12.1 Å². The van der Waals surface area contributed by atoms with Crippen LogP contribution in [0, 0.1) is 0 Å². The Bertz CT molecular complexity index is 310. The van der Waals surface area contributed by atoms with Crippen molar-refractivity contribution in [2.75, 3.05) is 18.5 Å². The van der Waals surface area contributed by atoms with E-state index in [1.807, 2.05) is 12.1 Å². The van der Waals surface area contributed by atoms with Crippen molar-refractivity contribution in [1.29, 1.82) is 0 Å². The molecule has 0 amide bonds. The van der Waals surface area contributed by atoms with Crippen LogP contribution in [0.3, 0.4) is 0 Å². The van der Waals surface area contributed by atoms with E-state index in [0.29, 0.717) is 6.10 Å². The molecule has 0 radical (unpaired) electrons. The number of benzene rings is 1. The molecule has 1 heterocycles. The van der Waals surface area contributed by atoms with Gasteiger partial charge in [-0.15, -0.1) is 0 Å². The van der Waals surface area contributed by atoms with E-state index in [0.717, 1.165) is 29.7 Å². The van der Waals surface area contributed by atoms with Crippen LogP contribution in [-0.2, 0) is 4.74 Å². The smallest absolute Gasteiger partial charge is 0.0592 e. The van der Waals surface area contributed by atoms with E-state index in [1.165, 1.54) is 12.8 Å². The van der Waals surface area contributed by atoms with Crippen molar-refractivity contribution in [2.24, 2.45) is 0 Å². The Morgan fingerprint density at radius 1 is 1.40 bits per heavy atom. The van der Waals surface area contributed by atoms with Gasteiger partial charge in [-0.25, -0.2) is 0 Å². The van der Waals surface area contributed by atoms with Crippen molar-refractivity contribution in [3.05, 3.63) is 28.7 Å². The molecule has 0 aromatic heterocycles. The van der Waals surface area contributed by atoms with Gasteiger partial charge in [0.1, 0.15) is 0 Å². The van der Waals surface area contributed by atoms with Crippen LogP contribution in [0.25, 0.3) is 0 Å². The van der Waals surface area contributed by atoms with E-state index in [-0.39, 0.29) is 0 Å². The normalized spacial score (nSPS) is 20.5. The van der Waals surface area contributed by atoms with Crippen molar-refractivity contribution in [3.8, 4) is 0 Å². The highest BCUT2D eigenvalue weighted by Gasteiger charge is 2.14. The van der Waals surface area contributed by atoms with E-state index in [1.54, 1.807) is 0 Å². The highest BCUT2D eigenvalue weighted by atomic mass is 79.9. The second-order valence-electron chi connectivity index (χ2n) is 3.83. The monoisotopic (exact) mass is 269 g/mol. The first-order valence-corrected chi connectivity index (χ1v) is 6.25. The molecule has 1 aliphatic heterocycles. The van der Waals surface area contributed by atoms with Gasteiger partial charge in [0.25, 0.3) is 0 Å². The van der Waals surface area contributed by atoms with Crippen molar-refractivity contribution in [2.45, 2.75) is 25.4 Å². The summed E-state index contributed by atoms with van der Waals surface area (Å²) in [4.78, 5) is 0. The van der Waals surface area contributed by atoms with Gasteiger partial charge < -0.3 is 10.1 Å². The lowest BCUT2D eigenvalue weighted by Crippen LogP contribution is -2.12. The fourth-order valence-corrected chi connectivity index (χ4v) is 2.27. The lowest BCUT2D eigenvalue weighted by molar-refractivity contribution is 0.107. The highest BCUT2D eigenvalue weighted by Crippen LogP contribution is 2.22. The molecule has 0 aliphatic carbocycles. The summed E-state index contributed by atoms with van der Waals surface area (Å²) >= 11 is 3.52. The van der Waals surface area contributed by atoms with E-state index in [2.05, 4.69) is 33.4 Å². The van der Waals surface area contributed by atoms with Gasteiger partial charge >= 0.3 is 0 Å². The van der Waals surface area contributed by atoms with Crippen LogP contribution in [0.15, 0.2) is 28.7 Å². The van der Waals surface area contributed by atoms with E-state index in [4.69, 9.17) is 4.74 Å². The van der Waals surface area contributed by atoms with Crippen LogP contribution in [0.2, 0.25) is 0 Å². The first-order valence-electron chi connectivity index (χ1n) is 5.46. The number of rotatable bonds is 4. The number of halogens is 1. The molecular weight excluding hydrogens is 254 g/mol. The maximum absolute atomic E-state index is 5.57. The standard InChI is InChI=1S/C12H16BrNO/c13-11-5-1-2-6-12(11)14-8-7-10-4-3-9-15-10/h1-2,5-6,10,14H,3-4,7-9H2. The molecule has 2 rings (SSSR count). The molecule has 15 heavy (non-hydrogen) atoms. The quantitative estimate of drug-likeness (QED) is 0.905. The number of hydrogen-bond donors (Lipinski definition) is 1. The van der Waals surface area contributed by atoms with E-state index in [9.17, 15) is 0 Å². The molecule has 0 bridgehead atoms. The van der Waals surface area contributed by atoms with Gasteiger partial charge in [0.05, 0.1) is 6.10 Å². The first kappa shape index (κ1) is 11.0. The van der Waals surface area contributed by atoms with Gasteiger partial charge in [0.15, 0.2) is 0 Å². The Labute approximate surface area is 99.1 Å². The summed E-state index contributed by atoms with van der Waals surface area (Å²) in [6.45, 7) is 1.92. The van der Waals surface area contributed by atoms with Crippen LogP contribution in [-0.4, -0.2) is 19.3 Å². The maximum atomic E-state index is 5.57. The van der Waals surface area contributed by atoms with Gasteiger partial charge in [0.2, 0.25) is 0 Å². The van der Waals surface area contributed by atoms with Crippen molar-refractivity contribution >= 4 is 21.6 Å². The second kappa shape index (κ2) is 5.52. The zero-order valence-corrected chi connectivity index (χ0v) is 10.3. The zero-order chi connectivity index (χ0) is 10.5. The minimum absolute atomic E-state index is 0.472. The molecule has 1 aliphatic rings. The van der Waals surface area contributed by atoms with Gasteiger partial charge in [-0.2, -0.15) is 0 Å². The van der Waals surface area contributed by atoms with Crippen LogP contribution in [0.5, 0.6) is 0 Å². The zero-order valence-electron chi connectivity index (χ0n) is 8.71. The molecule has 1 atom stereocenters. The van der Waals surface area contributed by atoms with E-state index < -0.39 is 0 Å². The summed E-state index contributed by atoms with van der Waals surface area (Å²) < 4.78 is 6.69. The Morgan fingerprint density at radius 3 is 3.00 bits per heavy atom. The largest absolute Gasteiger partial charge is 0.384 e. The number of nitrogens with one attached hydrogen (secondary N) is 1. The summed E-state index contributed by atoms with van der Waals surface area (Å²) in [6.07, 6.45) is 4.01. The second-order valence-corrected chi connectivity index (χ2v) is 4.68. The van der Waals surface area contributed by atoms with Crippen LogP contribution in [0.1, 0.15) is 19.3 Å². The number of para-hydroxylation sites is 1. The molecule has 1 fully saturated rings. The lowest BCUT2D eigenvalue weighted by Gasteiger charge is -2.11. The third-order valence-corrected chi connectivity index (χ3v) is 3.37. The molecule has 0 saturated carbocycles. The summed E-state index contributed by atoms with van der Waals surface area (Å²) in [5.74, 6) is 0. The fraction of sp³-hybridized carbons (Fsp3) is 0.500. The summed E-state index contributed by atoms with van der Waals surface area (Å²) in [5.41, 5.74) is 1.16. The van der Waals surface area contributed by atoms with Gasteiger partial charge in [-0.05, 0) is 47.3 Å². The number of hydrogen-bond acceptors (Lipinski definition) is 2. The van der Waals surface area contributed by atoms with Crippen molar-refractivity contribution < 1.29 is 4.74 Å². The molecule has 1 aromatic carbocycles.